The van der Waals surface area contributed by atoms with Crippen molar-refractivity contribution in [2.75, 3.05) is 0 Å². The van der Waals surface area contributed by atoms with E-state index in [2.05, 4.69) is 0 Å². The third-order valence-electron chi connectivity index (χ3n) is 1.97. The summed E-state index contributed by atoms with van der Waals surface area (Å²) in [6, 6.07) is 8.60. The fourth-order valence-electron chi connectivity index (χ4n) is 1.31. The second kappa shape index (κ2) is 4.99. The average Bonchev–Trinajstić information content (AvgIpc) is 2.18. The second-order valence-corrected chi connectivity index (χ2v) is 2.87. The van der Waals surface area contributed by atoms with Gasteiger partial charge in [-0.3, -0.25) is 0 Å². The monoisotopic (exact) mass is 188 g/mol. The molecule has 0 radical (unpaired) electrons. The van der Waals surface area contributed by atoms with E-state index in [9.17, 15) is 4.39 Å². The van der Waals surface area contributed by atoms with E-state index in [-0.39, 0.29) is 18.7 Å². The lowest BCUT2D eigenvalue weighted by molar-refractivity contribution is 0.607. The SMILES string of the molecule is N#CCCc1c(F)cccc1CC#N. The van der Waals surface area contributed by atoms with Gasteiger partial charge in [-0.2, -0.15) is 10.5 Å². The second-order valence-electron chi connectivity index (χ2n) is 2.87. The van der Waals surface area contributed by atoms with Crippen LogP contribution in [0.3, 0.4) is 0 Å². The maximum atomic E-state index is 13.3. The summed E-state index contributed by atoms with van der Waals surface area (Å²) in [7, 11) is 0. The topological polar surface area (TPSA) is 47.6 Å². The molecule has 0 aliphatic carbocycles. The van der Waals surface area contributed by atoms with E-state index in [1.807, 2.05) is 12.1 Å². The van der Waals surface area contributed by atoms with E-state index in [0.29, 0.717) is 17.5 Å². The normalized spacial score (nSPS) is 9.07. The molecular weight excluding hydrogens is 179 g/mol. The van der Waals surface area contributed by atoms with Crippen LogP contribution < -0.4 is 0 Å². The average molecular weight is 188 g/mol. The lowest BCUT2D eigenvalue weighted by atomic mass is 10.0. The molecular formula is C11H9FN2. The first-order valence-electron chi connectivity index (χ1n) is 4.29. The van der Waals surface area contributed by atoms with Gasteiger partial charge in [-0.25, -0.2) is 4.39 Å². The van der Waals surface area contributed by atoms with Gasteiger partial charge in [0.15, 0.2) is 0 Å². The minimum Gasteiger partial charge on any atom is -0.207 e. The summed E-state index contributed by atoms with van der Waals surface area (Å²) >= 11 is 0. The Morgan fingerprint density at radius 3 is 2.64 bits per heavy atom. The maximum Gasteiger partial charge on any atom is 0.126 e. The molecule has 0 aromatic heterocycles. The van der Waals surface area contributed by atoms with Crippen molar-refractivity contribution in [2.24, 2.45) is 0 Å². The standard InChI is InChI=1S/C11H9FN2/c12-11-5-1-3-9(6-8-14)10(11)4-2-7-13/h1,3,5H,2,4,6H2. The van der Waals surface area contributed by atoms with Crippen molar-refractivity contribution in [1.82, 2.24) is 0 Å². The number of halogens is 1. The Hall–Kier alpha value is -1.87. The van der Waals surface area contributed by atoms with Crippen LogP contribution in [0.4, 0.5) is 4.39 Å². The summed E-state index contributed by atoms with van der Waals surface area (Å²) in [5, 5.41) is 16.9. The van der Waals surface area contributed by atoms with Crippen LogP contribution in [0, 0.1) is 28.5 Å². The molecule has 0 saturated heterocycles. The molecule has 0 saturated carbocycles. The van der Waals surface area contributed by atoms with E-state index < -0.39 is 0 Å². The number of benzene rings is 1. The van der Waals surface area contributed by atoms with Crippen molar-refractivity contribution in [2.45, 2.75) is 19.3 Å². The van der Waals surface area contributed by atoms with Crippen LogP contribution in [0.5, 0.6) is 0 Å². The highest BCUT2D eigenvalue weighted by molar-refractivity contribution is 5.31. The molecule has 1 aromatic rings. The van der Waals surface area contributed by atoms with Gasteiger partial charge in [-0.05, 0) is 23.6 Å². The predicted molar refractivity (Wildman–Crippen MR) is 49.7 cm³/mol. The van der Waals surface area contributed by atoms with Crippen LogP contribution >= 0.6 is 0 Å². The first-order chi connectivity index (χ1) is 6.79. The number of hydrogen-bond acceptors (Lipinski definition) is 2. The molecule has 0 amide bonds. The smallest absolute Gasteiger partial charge is 0.126 e. The zero-order valence-electron chi connectivity index (χ0n) is 7.63. The van der Waals surface area contributed by atoms with Gasteiger partial charge in [0.2, 0.25) is 0 Å². The van der Waals surface area contributed by atoms with Crippen molar-refractivity contribution >= 4 is 0 Å². The number of nitriles is 2. The van der Waals surface area contributed by atoms with Crippen molar-refractivity contribution in [3.63, 3.8) is 0 Å². The summed E-state index contributed by atoms with van der Waals surface area (Å²) in [5.74, 6) is -0.326. The minimum absolute atomic E-state index is 0.193. The highest BCUT2D eigenvalue weighted by Gasteiger charge is 2.07. The Morgan fingerprint density at radius 1 is 1.21 bits per heavy atom. The van der Waals surface area contributed by atoms with Gasteiger partial charge < -0.3 is 0 Å². The molecule has 0 spiro atoms. The Bertz CT molecular complexity index is 399. The van der Waals surface area contributed by atoms with Crippen LogP contribution in [0.15, 0.2) is 18.2 Å². The van der Waals surface area contributed by atoms with Crippen LogP contribution in [0.25, 0.3) is 0 Å². The van der Waals surface area contributed by atoms with E-state index in [4.69, 9.17) is 10.5 Å². The molecule has 70 valence electrons. The van der Waals surface area contributed by atoms with Crippen LogP contribution in [0.1, 0.15) is 17.5 Å². The highest BCUT2D eigenvalue weighted by Crippen LogP contribution is 2.15. The van der Waals surface area contributed by atoms with Crippen molar-refractivity contribution in [3.8, 4) is 12.1 Å². The third-order valence-corrected chi connectivity index (χ3v) is 1.97. The molecule has 0 aliphatic rings. The van der Waals surface area contributed by atoms with Crippen molar-refractivity contribution < 1.29 is 4.39 Å². The number of nitrogens with zero attached hydrogens (tertiary/aromatic N) is 2. The van der Waals surface area contributed by atoms with E-state index in [0.717, 1.165) is 0 Å². The molecule has 14 heavy (non-hydrogen) atoms. The Balaban J connectivity index is 2.98. The fourth-order valence-corrected chi connectivity index (χ4v) is 1.31. The summed E-state index contributed by atoms with van der Waals surface area (Å²) in [5.41, 5.74) is 1.18. The van der Waals surface area contributed by atoms with E-state index in [1.165, 1.54) is 6.07 Å². The van der Waals surface area contributed by atoms with Gasteiger partial charge in [0.05, 0.1) is 18.6 Å². The highest BCUT2D eigenvalue weighted by atomic mass is 19.1. The summed E-state index contributed by atoms with van der Waals surface area (Å²) in [6.45, 7) is 0. The molecule has 1 aromatic carbocycles. The quantitative estimate of drug-likeness (QED) is 0.730. The van der Waals surface area contributed by atoms with E-state index >= 15 is 0 Å². The molecule has 1 rings (SSSR count). The first-order valence-corrected chi connectivity index (χ1v) is 4.29. The van der Waals surface area contributed by atoms with Crippen LogP contribution in [-0.4, -0.2) is 0 Å². The lowest BCUT2D eigenvalue weighted by Crippen LogP contribution is -1.97. The molecule has 0 N–H and O–H groups in total. The molecule has 3 heteroatoms. The molecule has 0 heterocycles. The first kappa shape index (κ1) is 10.2. The van der Waals surface area contributed by atoms with Crippen molar-refractivity contribution in [1.29, 1.82) is 10.5 Å². The van der Waals surface area contributed by atoms with Gasteiger partial charge in [-0.1, -0.05) is 12.1 Å². The fraction of sp³-hybridized carbons (Fsp3) is 0.273. The summed E-state index contributed by atoms with van der Waals surface area (Å²) in [6.07, 6.45) is 0.845. The molecule has 0 bridgehead atoms. The molecule has 0 atom stereocenters. The third kappa shape index (κ3) is 2.31. The lowest BCUT2D eigenvalue weighted by Gasteiger charge is -2.05. The van der Waals surface area contributed by atoms with Gasteiger partial charge in [0, 0.05) is 6.42 Å². The zero-order valence-corrected chi connectivity index (χ0v) is 7.63. The summed E-state index contributed by atoms with van der Waals surface area (Å²) < 4.78 is 13.3. The number of hydrogen-bond donors (Lipinski definition) is 0. The van der Waals surface area contributed by atoms with Gasteiger partial charge >= 0.3 is 0 Å². The van der Waals surface area contributed by atoms with Crippen LogP contribution in [-0.2, 0) is 12.8 Å². The Labute approximate surface area is 82.2 Å². The largest absolute Gasteiger partial charge is 0.207 e. The van der Waals surface area contributed by atoms with Gasteiger partial charge in [0.1, 0.15) is 5.82 Å². The van der Waals surface area contributed by atoms with Gasteiger partial charge in [0.25, 0.3) is 0 Å². The van der Waals surface area contributed by atoms with E-state index in [1.54, 1.807) is 12.1 Å². The number of rotatable bonds is 3. The summed E-state index contributed by atoms with van der Waals surface area (Å²) in [4.78, 5) is 0. The zero-order chi connectivity index (χ0) is 10.4. The minimum atomic E-state index is -0.326. The van der Waals surface area contributed by atoms with Gasteiger partial charge in [-0.15, -0.1) is 0 Å². The molecule has 0 fully saturated rings. The Kier molecular flexibility index (Phi) is 3.64. The predicted octanol–water partition coefficient (Wildman–Crippen LogP) is 2.35. The molecule has 2 nitrogen and oxygen atoms in total. The van der Waals surface area contributed by atoms with Crippen LogP contribution in [0.2, 0.25) is 0 Å². The molecule has 0 aliphatic heterocycles. The maximum absolute atomic E-state index is 13.3. The van der Waals surface area contributed by atoms with Crippen molar-refractivity contribution in [3.05, 3.63) is 35.1 Å². The Morgan fingerprint density at radius 2 is 2.00 bits per heavy atom. The molecule has 0 unspecified atom stereocenters.